The molecule has 7 heteroatoms. The SMILES string of the molecule is CCn1ccnc1[C@H]1OCCC[C@@H]1NC(=O)C1CC1(F)F. The fourth-order valence-corrected chi connectivity index (χ4v) is 2.81. The Kier molecular flexibility index (Phi) is 3.69. The van der Waals surface area contributed by atoms with E-state index in [0.29, 0.717) is 13.0 Å². The van der Waals surface area contributed by atoms with Crippen LogP contribution in [0.2, 0.25) is 0 Å². The summed E-state index contributed by atoms with van der Waals surface area (Å²) in [5, 5.41) is 2.73. The molecule has 2 heterocycles. The van der Waals surface area contributed by atoms with Gasteiger partial charge in [-0.2, -0.15) is 0 Å². The van der Waals surface area contributed by atoms with Gasteiger partial charge in [-0.05, 0) is 19.8 Å². The number of halogens is 2. The topological polar surface area (TPSA) is 56.1 Å². The van der Waals surface area contributed by atoms with E-state index < -0.39 is 17.7 Å². The van der Waals surface area contributed by atoms with Crippen LogP contribution in [0.5, 0.6) is 0 Å². The molecule has 1 aliphatic carbocycles. The van der Waals surface area contributed by atoms with Crippen LogP contribution in [-0.4, -0.2) is 34.0 Å². The number of rotatable bonds is 4. The molecule has 5 nitrogen and oxygen atoms in total. The quantitative estimate of drug-likeness (QED) is 0.924. The van der Waals surface area contributed by atoms with Crippen molar-refractivity contribution in [2.75, 3.05) is 6.61 Å². The zero-order valence-corrected chi connectivity index (χ0v) is 11.9. The van der Waals surface area contributed by atoms with E-state index in [1.807, 2.05) is 17.7 Å². The molecule has 1 saturated heterocycles. The molecular weight excluding hydrogens is 280 g/mol. The Morgan fingerprint density at radius 2 is 2.38 bits per heavy atom. The highest BCUT2D eigenvalue weighted by atomic mass is 19.3. The van der Waals surface area contributed by atoms with Crippen molar-refractivity contribution in [1.29, 1.82) is 0 Å². The van der Waals surface area contributed by atoms with Crippen LogP contribution in [0.15, 0.2) is 12.4 Å². The van der Waals surface area contributed by atoms with Gasteiger partial charge in [0.05, 0.1) is 6.04 Å². The average Bonchev–Trinajstić information content (AvgIpc) is 2.89. The van der Waals surface area contributed by atoms with Crippen LogP contribution in [-0.2, 0) is 16.1 Å². The third-order valence-electron chi connectivity index (χ3n) is 4.14. The van der Waals surface area contributed by atoms with Gasteiger partial charge in [0.1, 0.15) is 17.8 Å². The highest BCUT2D eigenvalue weighted by Gasteiger charge is 2.61. The summed E-state index contributed by atoms with van der Waals surface area (Å²) in [6.07, 6.45) is 4.33. The van der Waals surface area contributed by atoms with Gasteiger partial charge in [0.25, 0.3) is 5.92 Å². The molecule has 21 heavy (non-hydrogen) atoms. The highest BCUT2D eigenvalue weighted by Crippen LogP contribution is 2.48. The molecule has 0 aromatic carbocycles. The monoisotopic (exact) mass is 299 g/mol. The molecule has 1 N–H and O–H groups in total. The number of carbonyl (C=O) groups is 1. The number of hydrogen-bond donors (Lipinski definition) is 1. The number of nitrogens with one attached hydrogen (secondary N) is 1. The molecule has 3 atom stereocenters. The van der Waals surface area contributed by atoms with Gasteiger partial charge in [0, 0.05) is 32.0 Å². The minimum Gasteiger partial charge on any atom is -0.368 e. The lowest BCUT2D eigenvalue weighted by atomic mass is 10.0. The number of imidazole rings is 1. The van der Waals surface area contributed by atoms with E-state index >= 15 is 0 Å². The van der Waals surface area contributed by atoms with Crippen LogP contribution >= 0.6 is 0 Å². The molecule has 1 unspecified atom stereocenters. The molecule has 2 aliphatic rings. The van der Waals surface area contributed by atoms with Gasteiger partial charge < -0.3 is 14.6 Å². The van der Waals surface area contributed by atoms with E-state index in [1.54, 1.807) is 6.20 Å². The Bertz CT molecular complexity index is 532. The molecule has 1 aliphatic heterocycles. The predicted octanol–water partition coefficient (Wildman–Crippen LogP) is 1.89. The second-order valence-corrected chi connectivity index (χ2v) is 5.64. The lowest BCUT2D eigenvalue weighted by molar-refractivity contribution is -0.127. The average molecular weight is 299 g/mol. The number of aryl methyl sites for hydroxylation is 1. The Balaban J connectivity index is 1.71. The van der Waals surface area contributed by atoms with E-state index in [0.717, 1.165) is 18.8 Å². The molecule has 2 fully saturated rings. The Morgan fingerprint density at radius 1 is 1.62 bits per heavy atom. The molecular formula is C14H19F2N3O2. The number of amides is 1. The van der Waals surface area contributed by atoms with Crippen molar-refractivity contribution in [1.82, 2.24) is 14.9 Å². The van der Waals surface area contributed by atoms with Crippen molar-refractivity contribution in [3.8, 4) is 0 Å². The Hall–Kier alpha value is -1.50. The minimum atomic E-state index is -2.84. The Morgan fingerprint density at radius 3 is 3.05 bits per heavy atom. The fraction of sp³-hybridized carbons (Fsp3) is 0.714. The fourth-order valence-electron chi connectivity index (χ4n) is 2.81. The Labute approximate surface area is 121 Å². The van der Waals surface area contributed by atoms with Gasteiger partial charge in [0.15, 0.2) is 0 Å². The molecule has 116 valence electrons. The maximum Gasteiger partial charge on any atom is 0.260 e. The number of ether oxygens (including phenoxy) is 1. The highest BCUT2D eigenvalue weighted by molar-refractivity contribution is 5.83. The predicted molar refractivity (Wildman–Crippen MR) is 70.8 cm³/mol. The summed E-state index contributed by atoms with van der Waals surface area (Å²) in [5.41, 5.74) is 0. The third-order valence-corrected chi connectivity index (χ3v) is 4.14. The third kappa shape index (κ3) is 2.79. The number of aromatic nitrogens is 2. The van der Waals surface area contributed by atoms with Crippen molar-refractivity contribution in [3.05, 3.63) is 18.2 Å². The van der Waals surface area contributed by atoms with Crippen LogP contribution in [0.25, 0.3) is 0 Å². The summed E-state index contributed by atoms with van der Waals surface area (Å²) >= 11 is 0. The molecule has 0 spiro atoms. The molecule has 1 saturated carbocycles. The normalized spacial score (nSPS) is 30.9. The molecule has 1 aromatic heterocycles. The van der Waals surface area contributed by atoms with E-state index in [-0.39, 0.29) is 18.6 Å². The summed E-state index contributed by atoms with van der Waals surface area (Å²) in [5.74, 6) is -3.84. The van der Waals surface area contributed by atoms with Gasteiger partial charge in [-0.1, -0.05) is 0 Å². The first kappa shape index (κ1) is 14.4. The van der Waals surface area contributed by atoms with Crippen LogP contribution in [0.1, 0.15) is 38.1 Å². The second-order valence-electron chi connectivity index (χ2n) is 5.64. The first-order valence-electron chi connectivity index (χ1n) is 7.33. The minimum absolute atomic E-state index is 0.296. The van der Waals surface area contributed by atoms with E-state index in [4.69, 9.17) is 4.74 Å². The number of carbonyl (C=O) groups excluding carboxylic acids is 1. The number of alkyl halides is 2. The van der Waals surface area contributed by atoms with Gasteiger partial charge in [-0.15, -0.1) is 0 Å². The summed E-state index contributed by atoms with van der Waals surface area (Å²) < 4.78 is 33.7. The van der Waals surface area contributed by atoms with Crippen molar-refractivity contribution in [3.63, 3.8) is 0 Å². The van der Waals surface area contributed by atoms with Crippen molar-refractivity contribution < 1.29 is 18.3 Å². The standard InChI is InChI=1S/C14H19F2N3O2/c1-2-19-6-5-17-12(19)11-10(4-3-7-21-11)18-13(20)9-8-14(9,15)16/h5-6,9-11H,2-4,7-8H2,1H3,(H,18,20)/t9?,10-,11-/m0/s1. The van der Waals surface area contributed by atoms with E-state index in [1.165, 1.54) is 0 Å². The van der Waals surface area contributed by atoms with Gasteiger partial charge in [-0.3, -0.25) is 4.79 Å². The molecule has 1 amide bonds. The van der Waals surface area contributed by atoms with Gasteiger partial charge >= 0.3 is 0 Å². The summed E-state index contributed by atoms with van der Waals surface area (Å²) in [6, 6.07) is -0.296. The lowest BCUT2D eigenvalue weighted by Gasteiger charge is -2.32. The van der Waals surface area contributed by atoms with E-state index in [2.05, 4.69) is 10.3 Å². The molecule has 3 rings (SSSR count). The number of nitrogens with zero attached hydrogens (tertiary/aromatic N) is 2. The first-order valence-corrected chi connectivity index (χ1v) is 7.33. The molecule has 0 bridgehead atoms. The van der Waals surface area contributed by atoms with Gasteiger partial charge in [-0.25, -0.2) is 13.8 Å². The van der Waals surface area contributed by atoms with Crippen molar-refractivity contribution in [2.24, 2.45) is 5.92 Å². The van der Waals surface area contributed by atoms with Crippen LogP contribution in [0, 0.1) is 5.92 Å². The van der Waals surface area contributed by atoms with Crippen molar-refractivity contribution >= 4 is 5.91 Å². The lowest BCUT2D eigenvalue weighted by Crippen LogP contribution is -2.44. The van der Waals surface area contributed by atoms with E-state index in [9.17, 15) is 13.6 Å². The first-order chi connectivity index (χ1) is 10.0. The van der Waals surface area contributed by atoms with Crippen LogP contribution in [0.4, 0.5) is 8.78 Å². The van der Waals surface area contributed by atoms with Crippen molar-refractivity contribution in [2.45, 2.75) is 50.8 Å². The van der Waals surface area contributed by atoms with Crippen LogP contribution in [0.3, 0.4) is 0 Å². The molecule has 0 radical (unpaired) electrons. The smallest absolute Gasteiger partial charge is 0.260 e. The van der Waals surface area contributed by atoms with Gasteiger partial charge in [0.2, 0.25) is 5.91 Å². The van der Waals surface area contributed by atoms with Crippen LogP contribution < -0.4 is 5.32 Å². The summed E-state index contributed by atoms with van der Waals surface area (Å²) in [7, 11) is 0. The zero-order chi connectivity index (χ0) is 15.0. The maximum atomic E-state index is 13.0. The second kappa shape index (κ2) is 5.36. The largest absolute Gasteiger partial charge is 0.368 e. The summed E-state index contributed by atoms with van der Waals surface area (Å²) in [6.45, 7) is 3.33. The summed E-state index contributed by atoms with van der Waals surface area (Å²) in [4.78, 5) is 16.2. The number of hydrogen-bond acceptors (Lipinski definition) is 3. The molecule has 1 aromatic rings. The zero-order valence-electron chi connectivity index (χ0n) is 11.9. The maximum absolute atomic E-state index is 13.0.